The van der Waals surface area contributed by atoms with Crippen LogP contribution in [0.3, 0.4) is 0 Å². The van der Waals surface area contributed by atoms with E-state index in [0.717, 1.165) is 25.1 Å². The van der Waals surface area contributed by atoms with Crippen molar-refractivity contribution in [2.75, 3.05) is 0 Å². The number of halogens is 5. The van der Waals surface area contributed by atoms with Crippen molar-refractivity contribution in [2.45, 2.75) is 44.7 Å². The zero-order valence-corrected chi connectivity index (χ0v) is 21.0. The molecule has 1 aliphatic carbocycles. The lowest BCUT2D eigenvalue weighted by molar-refractivity contribution is -0.614. The van der Waals surface area contributed by atoms with E-state index in [1.54, 1.807) is 0 Å². The third-order valence-corrected chi connectivity index (χ3v) is 7.29. The number of ketones is 1. The van der Waals surface area contributed by atoms with E-state index in [0.29, 0.717) is 28.7 Å². The molecule has 5 nitrogen and oxygen atoms in total. The number of hydrogen-bond acceptors (Lipinski definition) is 3. The van der Waals surface area contributed by atoms with Crippen LogP contribution in [0.4, 0.5) is 17.6 Å². The number of benzene rings is 2. The van der Waals surface area contributed by atoms with Crippen LogP contribution in [0.25, 0.3) is 11.1 Å². The second kappa shape index (κ2) is 10.7. The van der Waals surface area contributed by atoms with E-state index in [-0.39, 0.29) is 34.9 Å². The highest BCUT2D eigenvalue weighted by Gasteiger charge is 2.38. The smallest absolute Gasteiger partial charge is 0.417 e. The molecular weight excluding hydrogens is 526 g/mol. The highest BCUT2D eigenvalue weighted by molar-refractivity contribution is 6.31. The zero-order chi connectivity index (χ0) is 27.8. The molecule has 1 fully saturated rings. The topological polar surface area (TPSA) is 81.3 Å². The van der Waals surface area contributed by atoms with E-state index in [2.05, 4.69) is 6.92 Å². The van der Waals surface area contributed by atoms with Gasteiger partial charge in [-0.25, -0.2) is 9.18 Å². The minimum Gasteiger partial charge on any atom is -0.618 e. The van der Waals surface area contributed by atoms with Gasteiger partial charge < -0.3 is 10.3 Å². The summed E-state index contributed by atoms with van der Waals surface area (Å²) >= 11 is 5.74. The third kappa shape index (κ3) is 5.83. The lowest BCUT2D eigenvalue weighted by Gasteiger charge is -2.34. The maximum Gasteiger partial charge on any atom is 0.417 e. The quantitative estimate of drug-likeness (QED) is 0.190. The normalized spacial score (nSPS) is 18.1. The molecule has 0 bridgehead atoms. The van der Waals surface area contributed by atoms with Gasteiger partial charge in [-0.05, 0) is 67.0 Å². The Labute approximate surface area is 221 Å². The minimum absolute atomic E-state index is 0.0523. The van der Waals surface area contributed by atoms with Crippen LogP contribution in [-0.4, -0.2) is 16.9 Å². The Hall–Kier alpha value is -3.46. The molecule has 1 saturated carbocycles. The number of alkyl halides is 3. The van der Waals surface area contributed by atoms with Crippen LogP contribution < -0.4 is 4.73 Å². The molecule has 10 heteroatoms. The predicted octanol–water partition coefficient (Wildman–Crippen LogP) is 6.83. The van der Waals surface area contributed by atoms with Crippen LogP contribution in [0.5, 0.6) is 0 Å². The molecule has 1 aromatic heterocycles. The van der Waals surface area contributed by atoms with Crippen molar-refractivity contribution in [2.24, 2.45) is 11.8 Å². The number of carbonyl (C=O) groups excluding carboxylic acids is 1. The number of pyridine rings is 1. The summed E-state index contributed by atoms with van der Waals surface area (Å²) in [5.74, 6) is -2.82. The number of aromatic carboxylic acids is 1. The largest absolute Gasteiger partial charge is 0.618 e. The zero-order valence-electron chi connectivity index (χ0n) is 20.3. The van der Waals surface area contributed by atoms with Crippen LogP contribution in [0, 0.1) is 22.9 Å². The fraction of sp³-hybridized carbons (Fsp3) is 0.321. The SMILES string of the molecule is CC1CC(CC(C(=O)Cc2ccc(C(=O)O)cc2)c2ccc(-c3c(C(F)(F)F)ccc(Cl)c3F)c[n+]2[O-])C1. The summed E-state index contributed by atoms with van der Waals surface area (Å²) in [6.45, 7) is 2.08. The molecule has 1 N–H and O–H groups in total. The lowest BCUT2D eigenvalue weighted by Crippen LogP contribution is -2.37. The summed E-state index contributed by atoms with van der Waals surface area (Å²) in [5, 5.41) is 21.7. The van der Waals surface area contributed by atoms with Crippen molar-refractivity contribution < 1.29 is 37.0 Å². The molecule has 0 saturated heterocycles. The molecule has 0 radical (unpaired) electrons. The van der Waals surface area contributed by atoms with Crippen LogP contribution in [0.2, 0.25) is 5.02 Å². The fourth-order valence-corrected chi connectivity index (χ4v) is 5.24. The molecule has 0 spiro atoms. The van der Waals surface area contributed by atoms with Crippen molar-refractivity contribution in [3.63, 3.8) is 0 Å². The average molecular weight is 550 g/mol. The van der Waals surface area contributed by atoms with Crippen molar-refractivity contribution in [3.8, 4) is 11.1 Å². The maximum absolute atomic E-state index is 14.7. The fourth-order valence-electron chi connectivity index (χ4n) is 5.08. The Morgan fingerprint density at radius 1 is 1.11 bits per heavy atom. The molecule has 38 heavy (non-hydrogen) atoms. The molecule has 2 aromatic carbocycles. The summed E-state index contributed by atoms with van der Waals surface area (Å²) < 4.78 is 55.8. The first-order valence-electron chi connectivity index (χ1n) is 12.0. The van der Waals surface area contributed by atoms with Crippen molar-refractivity contribution in [3.05, 3.63) is 93.2 Å². The Bertz CT molecular complexity index is 1370. The number of carboxylic acids is 1. The summed E-state index contributed by atoms with van der Waals surface area (Å²) in [7, 11) is 0. The first-order valence-corrected chi connectivity index (χ1v) is 12.4. The Morgan fingerprint density at radius 2 is 1.76 bits per heavy atom. The predicted molar refractivity (Wildman–Crippen MR) is 132 cm³/mol. The summed E-state index contributed by atoms with van der Waals surface area (Å²) in [6.07, 6.45) is -1.95. The Balaban J connectivity index is 1.69. The minimum atomic E-state index is -4.89. The Kier molecular flexibility index (Phi) is 7.78. The molecule has 4 rings (SSSR count). The molecule has 1 heterocycles. The van der Waals surface area contributed by atoms with Gasteiger partial charge in [-0.15, -0.1) is 0 Å². The van der Waals surface area contributed by atoms with Crippen molar-refractivity contribution in [1.82, 2.24) is 0 Å². The van der Waals surface area contributed by atoms with Crippen LogP contribution in [-0.2, 0) is 17.4 Å². The van der Waals surface area contributed by atoms with Gasteiger partial charge in [0.15, 0.2) is 12.0 Å². The average Bonchev–Trinajstić information content (AvgIpc) is 2.82. The number of aromatic nitrogens is 1. The molecule has 0 amide bonds. The molecule has 200 valence electrons. The number of nitrogens with zero attached hydrogens (tertiary/aromatic N) is 1. The molecule has 3 aromatic rings. The summed E-state index contributed by atoms with van der Waals surface area (Å²) in [4.78, 5) is 24.5. The Morgan fingerprint density at radius 3 is 2.32 bits per heavy atom. The van der Waals surface area contributed by atoms with Gasteiger partial charge in [-0.2, -0.15) is 17.9 Å². The highest BCUT2D eigenvalue weighted by Crippen LogP contribution is 2.42. The van der Waals surface area contributed by atoms with Crippen LogP contribution in [0.15, 0.2) is 54.7 Å². The van der Waals surface area contributed by atoms with Gasteiger partial charge in [-0.3, -0.25) is 4.79 Å². The van der Waals surface area contributed by atoms with Crippen LogP contribution >= 0.6 is 11.6 Å². The first-order chi connectivity index (χ1) is 17.8. The standard InChI is InChI=1S/C28H24ClF4NO4/c1-15-10-17(11-15)12-20(24(35)13-16-2-4-18(5-3-16)27(36)37)23-9-6-19(14-34(23)38)25-21(28(31,32)33)7-8-22(29)26(25)30/h2-9,14-15,17,20H,10-13H2,1H3,(H,36,37). The molecule has 1 aliphatic rings. The van der Waals surface area contributed by atoms with Gasteiger partial charge in [0.2, 0.25) is 5.69 Å². The van der Waals surface area contributed by atoms with E-state index < -0.39 is 40.0 Å². The van der Waals surface area contributed by atoms with Crippen molar-refractivity contribution >= 4 is 23.4 Å². The lowest BCUT2D eigenvalue weighted by atomic mass is 9.70. The van der Waals surface area contributed by atoms with Gasteiger partial charge in [-0.1, -0.05) is 30.7 Å². The number of rotatable bonds is 8. The van der Waals surface area contributed by atoms with E-state index in [1.165, 1.54) is 36.4 Å². The molecule has 1 unspecified atom stereocenters. The van der Waals surface area contributed by atoms with Gasteiger partial charge >= 0.3 is 12.1 Å². The third-order valence-electron chi connectivity index (χ3n) is 7.00. The van der Waals surface area contributed by atoms with Gasteiger partial charge in [0.05, 0.1) is 21.7 Å². The maximum atomic E-state index is 14.7. The first kappa shape index (κ1) is 27.6. The van der Waals surface area contributed by atoms with E-state index >= 15 is 0 Å². The van der Waals surface area contributed by atoms with Gasteiger partial charge in [0, 0.05) is 18.1 Å². The molecule has 0 aliphatic heterocycles. The van der Waals surface area contributed by atoms with E-state index in [9.17, 15) is 32.4 Å². The number of carboxylic acid groups (broad SMARTS) is 1. The van der Waals surface area contributed by atoms with E-state index in [4.69, 9.17) is 16.7 Å². The second-order valence-corrected chi connectivity index (χ2v) is 10.2. The molecule has 1 atom stereocenters. The second-order valence-electron chi connectivity index (χ2n) is 9.83. The van der Waals surface area contributed by atoms with Crippen molar-refractivity contribution in [1.29, 1.82) is 0 Å². The summed E-state index contributed by atoms with van der Waals surface area (Å²) in [6, 6.07) is 9.74. The highest BCUT2D eigenvalue weighted by atomic mass is 35.5. The van der Waals surface area contributed by atoms with E-state index in [1.807, 2.05) is 0 Å². The number of carbonyl (C=O) groups is 2. The van der Waals surface area contributed by atoms with Gasteiger partial charge in [0.1, 0.15) is 11.7 Å². The van der Waals surface area contributed by atoms with Crippen LogP contribution in [0.1, 0.15) is 59.3 Å². The monoisotopic (exact) mass is 549 g/mol. The molecular formula is C28H24ClF4NO4. The van der Waals surface area contributed by atoms with Gasteiger partial charge in [0.25, 0.3) is 0 Å². The summed E-state index contributed by atoms with van der Waals surface area (Å²) in [5.41, 5.74) is -1.74. The number of hydrogen-bond donors (Lipinski definition) is 1. The number of Topliss-reactive ketones (excluding diaryl/α,β-unsaturated/α-hetero) is 1.